The van der Waals surface area contributed by atoms with Crippen LogP contribution < -0.4 is 10.5 Å². The van der Waals surface area contributed by atoms with E-state index >= 15 is 0 Å². The number of hydrogen-bond acceptors (Lipinski definition) is 2. The van der Waals surface area contributed by atoms with Crippen LogP contribution in [0.5, 0.6) is 5.75 Å². The number of hydrogen-bond donors (Lipinski definition) is 1. The molecule has 0 bridgehead atoms. The van der Waals surface area contributed by atoms with E-state index in [0.29, 0.717) is 11.7 Å². The summed E-state index contributed by atoms with van der Waals surface area (Å²) in [5.74, 6) is 0.404. The second-order valence-electron chi connectivity index (χ2n) is 5.67. The van der Waals surface area contributed by atoms with Gasteiger partial charge < -0.3 is 10.5 Å². The van der Waals surface area contributed by atoms with Crippen LogP contribution in [0, 0.1) is 5.82 Å². The fourth-order valence-corrected chi connectivity index (χ4v) is 3.02. The Morgan fingerprint density at radius 1 is 0.952 bits per heavy atom. The first-order valence-corrected chi connectivity index (χ1v) is 7.46. The number of benzene rings is 2. The first-order valence-electron chi connectivity index (χ1n) is 7.46. The average Bonchev–Trinajstić information content (AvgIpc) is 2.52. The van der Waals surface area contributed by atoms with Gasteiger partial charge >= 0.3 is 0 Å². The summed E-state index contributed by atoms with van der Waals surface area (Å²) in [6.45, 7) is 0. The summed E-state index contributed by atoms with van der Waals surface area (Å²) in [7, 11) is 0. The summed E-state index contributed by atoms with van der Waals surface area (Å²) in [6, 6.07) is 16.9. The van der Waals surface area contributed by atoms with Gasteiger partial charge in [-0.05, 0) is 42.9 Å². The lowest BCUT2D eigenvalue weighted by Crippen LogP contribution is -2.43. The van der Waals surface area contributed by atoms with Crippen LogP contribution in [0.4, 0.5) is 4.39 Å². The summed E-state index contributed by atoms with van der Waals surface area (Å²) >= 11 is 0. The molecule has 21 heavy (non-hydrogen) atoms. The highest BCUT2D eigenvalue weighted by Crippen LogP contribution is 2.34. The van der Waals surface area contributed by atoms with E-state index in [1.54, 1.807) is 18.2 Å². The first-order chi connectivity index (χ1) is 10.2. The summed E-state index contributed by atoms with van der Waals surface area (Å²) in [5.41, 5.74) is 7.48. The van der Waals surface area contributed by atoms with E-state index in [1.165, 1.54) is 11.6 Å². The van der Waals surface area contributed by atoms with Crippen molar-refractivity contribution in [3.05, 3.63) is 66.0 Å². The molecular formula is C18H20FNO. The van der Waals surface area contributed by atoms with Crippen molar-refractivity contribution in [1.82, 2.24) is 0 Å². The summed E-state index contributed by atoms with van der Waals surface area (Å²) in [5, 5.41) is 0. The molecule has 2 aromatic carbocycles. The monoisotopic (exact) mass is 285 g/mol. The molecule has 0 radical (unpaired) electrons. The van der Waals surface area contributed by atoms with Crippen molar-refractivity contribution >= 4 is 0 Å². The van der Waals surface area contributed by atoms with Crippen molar-refractivity contribution in [3.8, 4) is 5.75 Å². The van der Waals surface area contributed by atoms with E-state index in [2.05, 4.69) is 24.3 Å². The van der Waals surface area contributed by atoms with Crippen molar-refractivity contribution in [3.63, 3.8) is 0 Å². The molecule has 110 valence electrons. The van der Waals surface area contributed by atoms with Gasteiger partial charge in [-0.3, -0.25) is 0 Å². The molecule has 0 aliphatic heterocycles. The van der Waals surface area contributed by atoms with E-state index in [1.807, 2.05) is 6.07 Å². The molecule has 0 aromatic heterocycles. The molecule has 2 nitrogen and oxygen atoms in total. The maximum Gasteiger partial charge on any atom is 0.165 e. The van der Waals surface area contributed by atoms with Crippen LogP contribution in [0.25, 0.3) is 0 Å². The van der Waals surface area contributed by atoms with Gasteiger partial charge in [-0.2, -0.15) is 0 Å². The molecule has 0 spiro atoms. The van der Waals surface area contributed by atoms with Crippen molar-refractivity contribution < 1.29 is 9.13 Å². The third kappa shape index (κ3) is 3.24. The van der Waals surface area contributed by atoms with Crippen LogP contribution in [-0.4, -0.2) is 12.1 Å². The summed E-state index contributed by atoms with van der Waals surface area (Å²) in [6.07, 6.45) is 2.65. The fraction of sp³-hybridized carbons (Fsp3) is 0.333. The Morgan fingerprint density at radius 3 is 2.43 bits per heavy atom. The van der Waals surface area contributed by atoms with Crippen LogP contribution in [0.2, 0.25) is 0 Å². The normalized spacial score (nSPS) is 25.5. The molecule has 1 saturated carbocycles. The van der Waals surface area contributed by atoms with Gasteiger partial charge in [0.15, 0.2) is 11.6 Å². The number of halogens is 1. The molecule has 3 rings (SSSR count). The zero-order chi connectivity index (χ0) is 14.7. The smallest absolute Gasteiger partial charge is 0.165 e. The van der Waals surface area contributed by atoms with Crippen LogP contribution in [0.3, 0.4) is 0 Å². The predicted molar refractivity (Wildman–Crippen MR) is 81.8 cm³/mol. The van der Waals surface area contributed by atoms with Gasteiger partial charge in [-0.15, -0.1) is 0 Å². The van der Waals surface area contributed by atoms with Crippen LogP contribution in [0.1, 0.15) is 30.7 Å². The van der Waals surface area contributed by atoms with Crippen LogP contribution in [0.15, 0.2) is 54.6 Å². The molecule has 3 atom stereocenters. The summed E-state index contributed by atoms with van der Waals surface area (Å²) in [4.78, 5) is 0. The Balaban J connectivity index is 1.74. The minimum Gasteiger partial charge on any atom is -0.486 e. The second kappa shape index (κ2) is 6.27. The molecule has 3 heteroatoms. The largest absolute Gasteiger partial charge is 0.486 e. The average molecular weight is 285 g/mol. The number of ether oxygens (including phenoxy) is 1. The molecule has 1 aliphatic rings. The van der Waals surface area contributed by atoms with Gasteiger partial charge in [0.2, 0.25) is 0 Å². The molecule has 3 unspecified atom stereocenters. The van der Waals surface area contributed by atoms with Gasteiger partial charge in [0.05, 0.1) is 0 Å². The maximum absolute atomic E-state index is 13.7. The van der Waals surface area contributed by atoms with Crippen LogP contribution >= 0.6 is 0 Å². The molecule has 1 aliphatic carbocycles. The lowest BCUT2D eigenvalue weighted by atomic mass is 9.80. The van der Waals surface area contributed by atoms with Crippen LogP contribution in [-0.2, 0) is 0 Å². The molecule has 0 heterocycles. The molecular weight excluding hydrogens is 265 g/mol. The Labute approximate surface area is 124 Å². The van der Waals surface area contributed by atoms with Gasteiger partial charge in [0, 0.05) is 6.04 Å². The highest BCUT2D eigenvalue weighted by atomic mass is 19.1. The Morgan fingerprint density at radius 2 is 1.67 bits per heavy atom. The topological polar surface area (TPSA) is 35.2 Å². The highest BCUT2D eigenvalue weighted by molar-refractivity contribution is 5.25. The SMILES string of the molecule is NC1CCC(c2ccccc2)CC1Oc1ccccc1F. The van der Waals surface area contributed by atoms with Gasteiger partial charge in [0.1, 0.15) is 6.10 Å². The lowest BCUT2D eigenvalue weighted by Gasteiger charge is -2.34. The van der Waals surface area contributed by atoms with Gasteiger partial charge in [0.25, 0.3) is 0 Å². The van der Waals surface area contributed by atoms with Crippen molar-refractivity contribution in [2.45, 2.75) is 37.3 Å². The van der Waals surface area contributed by atoms with E-state index in [0.717, 1.165) is 19.3 Å². The fourth-order valence-electron chi connectivity index (χ4n) is 3.02. The molecule has 1 fully saturated rings. The van der Waals surface area contributed by atoms with E-state index in [-0.39, 0.29) is 18.0 Å². The van der Waals surface area contributed by atoms with Gasteiger partial charge in [-0.1, -0.05) is 42.5 Å². The number of nitrogens with two attached hydrogens (primary N) is 1. The van der Waals surface area contributed by atoms with E-state index < -0.39 is 0 Å². The molecule has 0 amide bonds. The Hall–Kier alpha value is -1.87. The predicted octanol–water partition coefficient (Wildman–Crippen LogP) is 3.87. The minimum absolute atomic E-state index is 0.0374. The van der Waals surface area contributed by atoms with Crippen molar-refractivity contribution in [2.24, 2.45) is 5.73 Å². The van der Waals surface area contributed by atoms with E-state index in [9.17, 15) is 4.39 Å². The maximum atomic E-state index is 13.7. The Kier molecular flexibility index (Phi) is 4.20. The Bertz CT molecular complexity index is 587. The van der Waals surface area contributed by atoms with Crippen molar-refractivity contribution in [1.29, 1.82) is 0 Å². The summed E-state index contributed by atoms with van der Waals surface area (Å²) < 4.78 is 19.6. The zero-order valence-electron chi connectivity index (χ0n) is 11.9. The second-order valence-corrected chi connectivity index (χ2v) is 5.67. The molecule has 2 aromatic rings. The third-order valence-electron chi connectivity index (χ3n) is 4.23. The van der Waals surface area contributed by atoms with Crippen molar-refractivity contribution in [2.75, 3.05) is 0 Å². The first kappa shape index (κ1) is 14.1. The highest BCUT2D eigenvalue weighted by Gasteiger charge is 2.30. The molecule has 0 saturated heterocycles. The minimum atomic E-state index is -0.327. The zero-order valence-corrected chi connectivity index (χ0v) is 11.9. The number of para-hydroxylation sites is 1. The molecule has 2 N–H and O–H groups in total. The lowest BCUT2D eigenvalue weighted by molar-refractivity contribution is 0.116. The standard InChI is InChI=1S/C18H20FNO/c19-15-8-4-5-9-17(15)21-18-12-14(10-11-16(18)20)13-6-2-1-3-7-13/h1-9,14,16,18H,10-12,20H2. The third-order valence-corrected chi connectivity index (χ3v) is 4.23. The number of rotatable bonds is 3. The quantitative estimate of drug-likeness (QED) is 0.929. The van der Waals surface area contributed by atoms with E-state index in [4.69, 9.17) is 10.5 Å². The van der Waals surface area contributed by atoms with Gasteiger partial charge in [-0.25, -0.2) is 4.39 Å².